The molecule has 0 unspecified atom stereocenters. The fraction of sp³-hybridized carbons (Fsp3) is 0.333. The Balaban J connectivity index is 2.97. The van der Waals surface area contributed by atoms with Crippen molar-refractivity contribution in [2.75, 3.05) is 6.61 Å². The Hall–Kier alpha value is 0.174. The van der Waals surface area contributed by atoms with Gasteiger partial charge in [0.1, 0.15) is 0 Å². The molecule has 40 valence electrons. The van der Waals surface area contributed by atoms with Gasteiger partial charge in [-0.3, -0.25) is 0 Å². The van der Waals surface area contributed by atoms with Crippen LogP contribution < -0.4 is 0 Å². The molecule has 0 aromatic heterocycles. The van der Waals surface area contributed by atoms with Crippen molar-refractivity contribution in [3.05, 3.63) is 12.7 Å². The van der Waals surface area contributed by atoms with E-state index in [4.69, 9.17) is 3.69 Å². The summed E-state index contributed by atoms with van der Waals surface area (Å²) in [5.74, 6) is 0. The second-order valence-corrected chi connectivity index (χ2v) is 2.15. The Morgan fingerprint density at radius 3 is 2.71 bits per heavy atom. The van der Waals surface area contributed by atoms with Gasteiger partial charge in [-0.15, -0.1) is 0 Å². The summed E-state index contributed by atoms with van der Waals surface area (Å²) in [5.41, 5.74) is 0. The zero-order valence-corrected chi connectivity index (χ0v) is 5.32. The summed E-state index contributed by atoms with van der Waals surface area (Å²) >= 11 is -3.23. The van der Waals surface area contributed by atoms with Crippen LogP contribution in [0.2, 0.25) is 0 Å². The minimum atomic E-state index is -3.23. The molecule has 0 spiro atoms. The van der Waals surface area contributed by atoms with Crippen LogP contribution in [0.25, 0.3) is 0 Å². The van der Waals surface area contributed by atoms with Crippen molar-refractivity contribution in [1.82, 2.24) is 0 Å². The van der Waals surface area contributed by atoms with Gasteiger partial charge in [0.2, 0.25) is 0 Å². The third kappa shape index (κ3) is 6.17. The van der Waals surface area contributed by atoms with Crippen molar-refractivity contribution in [3.63, 3.8) is 0 Å². The molecular weight excluding hydrogens is 132 g/mol. The van der Waals surface area contributed by atoms with Crippen molar-refractivity contribution in [2.45, 2.75) is 0 Å². The van der Waals surface area contributed by atoms with Crippen LogP contribution in [0.15, 0.2) is 12.7 Å². The van der Waals surface area contributed by atoms with Gasteiger partial charge in [-0.1, -0.05) is 0 Å². The molecule has 3 nitrogen and oxygen atoms in total. The Morgan fingerprint density at radius 1 is 2.00 bits per heavy atom. The first-order valence-electron chi connectivity index (χ1n) is 1.74. The molecule has 7 heavy (non-hydrogen) atoms. The Labute approximate surface area is 48.7 Å². The normalized spacial score (nSPS) is 8.14. The zero-order chi connectivity index (χ0) is 5.70. The van der Waals surface area contributed by atoms with E-state index in [-0.39, 0.29) is 6.61 Å². The van der Waals surface area contributed by atoms with Crippen LogP contribution in [-0.2, 0) is 25.3 Å². The predicted molar refractivity (Wildman–Crippen MR) is 19.1 cm³/mol. The fourth-order valence-electron chi connectivity index (χ4n) is 0.130. The fourth-order valence-corrected chi connectivity index (χ4v) is 0.537. The monoisotopic (exact) mass is 138 g/mol. The third-order valence-corrected chi connectivity index (χ3v) is 0.971. The number of hydrogen-bond donors (Lipinski definition) is 1. The summed E-state index contributed by atoms with van der Waals surface area (Å²) in [6, 6.07) is 0. The van der Waals surface area contributed by atoms with Gasteiger partial charge in [-0.25, -0.2) is 0 Å². The SMILES string of the molecule is C=CC[O][Ti](=[O])[OH]. The molecule has 0 saturated carbocycles. The number of hydrogen-bond acceptors (Lipinski definition) is 2. The molecule has 0 aromatic rings. The van der Waals surface area contributed by atoms with E-state index in [1.807, 2.05) is 0 Å². The third-order valence-electron chi connectivity index (χ3n) is 0.325. The zero-order valence-electron chi connectivity index (χ0n) is 3.76. The molecule has 0 aromatic carbocycles. The molecule has 0 aliphatic rings. The molecule has 0 aliphatic carbocycles. The van der Waals surface area contributed by atoms with E-state index < -0.39 is 18.6 Å². The summed E-state index contributed by atoms with van der Waals surface area (Å²) in [6.45, 7) is 3.46. The van der Waals surface area contributed by atoms with Crippen molar-refractivity contribution < 1.29 is 28.9 Å². The minimum absolute atomic E-state index is 0.176. The summed E-state index contributed by atoms with van der Waals surface area (Å²) < 4.78 is 22.0. The van der Waals surface area contributed by atoms with Crippen LogP contribution in [0.3, 0.4) is 0 Å². The van der Waals surface area contributed by atoms with Gasteiger partial charge in [0.05, 0.1) is 0 Å². The van der Waals surface area contributed by atoms with Gasteiger partial charge in [0.15, 0.2) is 0 Å². The molecule has 0 radical (unpaired) electrons. The second kappa shape index (κ2) is 4.34. The van der Waals surface area contributed by atoms with Crippen LogP contribution >= 0.6 is 0 Å². The molecule has 0 heterocycles. The van der Waals surface area contributed by atoms with Crippen molar-refractivity contribution in [1.29, 1.82) is 0 Å². The van der Waals surface area contributed by atoms with E-state index in [0.29, 0.717) is 0 Å². The van der Waals surface area contributed by atoms with Crippen LogP contribution in [0.5, 0.6) is 0 Å². The van der Waals surface area contributed by atoms with Crippen molar-refractivity contribution >= 4 is 0 Å². The average molecular weight is 138 g/mol. The maximum atomic E-state index is 9.74. The van der Waals surface area contributed by atoms with Gasteiger partial charge < -0.3 is 0 Å². The Morgan fingerprint density at radius 2 is 2.57 bits per heavy atom. The summed E-state index contributed by atoms with van der Waals surface area (Å²) in [6.07, 6.45) is 1.43. The molecule has 4 heteroatoms. The summed E-state index contributed by atoms with van der Waals surface area (Å²) in [7, 11) is 0. The molecule has 0 rings (SSSR count). The van der Waals surface area contributed by atoms with E-state index in [1.165, 1.54) is 6.08 Å². The van der Waals surface area contributed by atoms with E-state index in [0.717, 1.165) is 0 Å². The van der Waals surface area contributed by atoms with Crippen LogP contribution in [0, 0.1) is 0 Å². The van der Waals surface area contributed by atoms with E-state index in [2.05, 4.69) is 9.90 Å². The topological polar surface area (TPSA) is 46.5 Å². The quantitative estimate of drug-likeness (QED) is 0.440. The molecular formula is C3H6O3Ti. The van der Waals surface area contributed by atoms with Gasteiger partial charge in [0.25, 0.3) is 0 Å². The molecule has 0 atom stereocenters. The predicted octanol–water partition coefficient (Wildman–Crippen LogP) is -0.0250. The molecule has 0 saturated heterocycles. The first-order valence-corrected chi connectivity index (χ1v) is 3.71. The Kier molecular flexibility index (Phi) is 4.44. The van der Waals surface area contributed by atoms with E-state index in [1.54, 1.807) is 0 Å². The van der Waals surface area contributed by atoms with Gasteiger partial charge in [-0.05, 0) is 0 Å². The van der Waals surface area contributed by atoms with Crippen LogP contribution in [-0.4, -0.2) is 10.3 Å². The molecule has 0 amide bonds. The van der Waals surface area contributed by atoms with Gasteiger partial charge >= 0.3 is 48.2 Å². The van der Waals surface area contributed by atoms with Crippen molar-refractivity contribution in [3.8, 4) is 0 Å². The van der Waals surface area contributed by atoms with Crippen LogP contribution in [0.4, 0.5) is 0 Å². The van der Waals surface area contributed by atoms with E-state index in [9.17, 15) is 3.32 Å². The standard InChI is InChI=1S/C3H5O.H2O.O.Ti/c1-2-3-4;;;/h2H,1,3H2;1H2;;/q-1;;;+2/p-1. The van der Waals surface area contributed by atoms with Gasteiger partial charge in [-0.2, -0.15) is 0 Å². The first-order chi connectivity index (χ1) is 3.27. The first kappa shape index (κ1) is 7.17. The van der Waals surface area contributed by atoms with E-state index >= 15 is 0 Å². The van der Waals surface area contributed by atoms with Gasteiger partial charge in [0, 0.05) is 0 Å². The molecule has 0 fully saturated rings. The summed E-state index contributed by atoms with van der Waals surface area (Å²) in [4.78, 5) is 0. The maximum absolute atomic E-state index is 9.74. The van der Waals surface area contributed by atoms with Crippen molar-refractivity contribution in [2.24, 2.45) is 0 Å². The summed E-state index contributed by atoms with van der Waals surface area (Å²) in [5, 5.41) is 0. The average Bonchev–Trinajstić information content (AvgIpc) is 1.61. The molecule has 0 aliphatic heterocycles. The Bertz CT molecular complexity index is 80.2. The van der Waals surface area contributed by atoms with Crippen LogP contribution in [0.1, 0.15) is 0 Å². The number of rotatable bonds is 3. The second-order valence-electron chi connectivity index (χ2n) is 0.866. The molecule has 1 N–H and O–H groups in total. The molecule has 0 bridgehead atoms.